The third kappa shape index (κ3) is 6.71. The first-order valence-corrected chi connectivity index (χ1v) is 11.2. The molecule has 2 aromatic rings. The zero-order valence-electron chi connectivity index (χ0n) is 19.6. The fourth-order valence-electron chi connectivity index (χ4n) is 3.47. The molecule has 0 aliphatic carbocycles. The minimum absolute atomic E-state index is 0.108. The molecular formula is C23H30ClN5O4. The molecule has 1 aromatic heterocycles. The van der Waals surface area contributed by atoms with Gasteiger partial charge in [0.1, 0.15) is 11.3 Å². The van der Waals surface area contributed by atoms with Crippen LogP contribution in [0.5, 0.6) is 0 Å². The molecule has 9 nitrogen and oxygen atoms in total. The lowest BCUT2D eigenvalue weighted by atomic mass is 10.1. The van der Waals surface area contributed by atoms with Crippen LogP contribution < -0.4 is 10.6 Å². The van der Waals surface area contributed by atoms with Crippen molar-refractivity contribution in [1.82, 2.24) is 14.9 Å². The van der Waals surface area contributed by atoms with E-state index in [0.29, 0.717) is 35.9 Å². The quantitative estimate of drug-likeness (QED) is 0.470. The van der Waals surface area contributed by atoms with Crippen molar-refractivity contribution in [3.05, 3.63) is 40.8 Å². The molecule has 1 saturated heterocycles. The largest absolute Gasteiger partial charge is 0.465 e. The van der Waals surface area contributed by atoms with Crippen LogP contribution in [-0.4, -0.2) is 58.8 Å². The molecule has 0 spiro atoms. The summed E-state index contributed by atoms with van der Waals surface area (Å²) in [6.07, 6.45) is 1.19. The van der Waals surface area contributed by atoms with Gasteiger partial charge in [-0.3, -0.25) is 0 Å². The van der Waals surface area contributed by atoms with Crippen molar-refractivity contribution >= 4 is 40.9 Å². The van der Waals surface area contributed by atoms with Gasteiger partial charge < -0.3 is 25.0 Å². The highest BCUT2D eigenvalue weighted by atomic mass is 35.5. The molecule has 1 aliphatic heterocycles. The molecule has 2 N–H and O–H groups in total. The summed E-state index contributed by atoms with van der Waals surface area (Å²) >= 11 is 6.13. The third-order valence-electron chi connectivity index (χ3n) is 5.13. The predicted octanol–water partition coefficient (Wildman–Crippen LogP) is 4.78. The highest BCUT2D eigenvalue weighted by molar-refractivity contribution is 6.28. The van der Waals surface area contributed by atoms with Crippen LogP contribution in [0, 0.1) is 6.92 Å². The monoisotopic (exact) mass is 475 g/mol. The van der Waals surface area contributed by atoms with Crippen LogP contribution in [0.3, 0.4) is 0 Å². The summed E-state index contributed by atoms with van der Waals surface area (Å²) in [5.74, 6) is 0.188. The van der Waals surface area contributed by atoms with Crippen LogP contribution in [0.15, 0.2) is 24.3 Å². The maximum absolute atomic E-state index is 12.3. The van der Waals surface area contributed by atoms with Crippen molar-refractivity contribution in [2.45, 2.75) is 52.2 Å². The molecular weight excluding hydrogens is 446 g/mol. The van der Waals surface area contributed by atoms with Gasteiger partial charge in [0, 0.05) is 24.8 Å². The number of likely N-dealkylation sites (tertiary alicyclic amines) is 1. The van der Waals surface area contributed by atoms with E-state index in [1.165, 1.54) is 7.11 Å². The van der Waals surface area contributed by atoms with Crippen molar-refractivity contribution in [3.8, 4) is 0 Å². The number of halogens is 1. The SMILES string of the molecule is COC(=O)c1ccc(Nc2c(C)nc(Cl)nc2NC2CCN(C(=O)OC(C)(C)C)CC2)cc1. The van der Waals surface area contributed by atoms with E-state index in [4.69, 9.17) is 21.1 Å². The molecule has 1 aromatic carbocycles. The summed E-state index contributed by atoms with van der Waals surface area (Å²) in [6, 6.07) is 7.03. The Hall–Kier alpha value is -3.07. The van der Waals surface area contributed by atoms with Crippen molar-refractivity contribution in [1.29, 1.82) is 0 Å². The molecule has 10 heteroatoms. The summed E-state index contributed by atoms with van der Waals surface area (Å²) in [4.78, 5) is 34.4. The summed E-state index contributed by atoms with van der Waals surface area (Å²) in [5.41, 5.74) is 2.08. The second-order valence-corrected chi connectivity index (χ2v) is 9.22. The lowest BCUT2D eigenvalue weighted by Crippen LogP contribution is -2.44. The average Bonchev–Trinajstić information content (AvgIpc) is 2.75. The zero-order valence-corrected chi connectivity index (χ0v) is 20.3. The van der Waals surface area contributed by atoms with Gasteiger partial charge >= 0.3 is 12.1 Å². The van der Waals surface area contributed by atoms with E-state index in [0.717, 1.165) is 18.5 Å². The first-order valence-electron chi connectivity index (χ1n) is 10.8. The van der Waals surface area contributed by atoms with E-state index < -0.39 is 11.6 Å². The van der Waals surface area contributed by atoms with Crippen LogP contribution in [0.25, 0.3) is 0 Å². The number of nitrogens with one attached hydrogen (secondary N) is 2. The molecule has 178 valence electrons. The number of piperidine rings is 1. The fourth-order valence-corrected chi connectivity index (χ4v) is 3.68. The maximum atomic E-state index is 12.3. The van der Waals surface area contributed by atoms with E-state index in [2.05, 4.69) is 20.6 Å². The smallest absolute Gasteiger partial charge is 0.410 e. The van der Waals surface area contributed by atoms with Gasteiger partial charge in [0.25, 0.3) is 0 Å². The molecule has 0 saturated carbocycles. The highest BCUT2D eigenvalue weighted by Gasteiger charge is 2.27. The Labute approximate surface area is 198 Å². The van der Waals surface area contributed by atoms with Crippen LogP contribution in [0.2, 0.25) is 5.28 Å². The summed E-state index contributed by atoms with van der Waals surface area (Å²) in [6.45, 7) is 8.59. The van der Waals surface area contributed by atoms with E-state index in [1.807, 2.05) is 27.7 Å². The van der Waals surface area contributed by atoms with E-state index >= 15 is 0 Å². The Morgan fingerprint density at radius 2 is 1.76 bits per heavy atom. The molecule has 1 amide bonds. The zero-order chi connectivity index (χ0) is 24.2. The number of aromatic nitrogens is 2. The van der Waals surface area contributed by atoms with Crippen LogP contribution in [-0.2, 0) is 9.47 Å². The van der Waals surface area contributed by atoms with Crippen molar-refractivity contribution in [3.63, 3.8) is 0 Å². The van der Waals surface area contributed by atoms with Crippen LogP contribution in [0.4, 0.5) is 22.0 Å². The second kappa shape index (κ2) is 10.2. The van der Waals surface area contributed by atoms with Gasteiger partial charge in [0.15, 0.2) is 5.82 Å². The predicted molar refractivity (Wildman–Crippen MR) is 127 cm³/mol. The molecule has 3 rings (SSSR count). The Morgan fingerprint density at radius 3 is 2.33 bits per heavy atom. The number of methoxy groups -OCH3 is 1. The minimum atomic E-state index is -0.517. The number of benzene rings is 1. The number of ether oxygens (including phenoxy) is 2. The lowest BCUT2D eigenvalue weighted by Gasteiger charge is -2.34. The molecule has 0 unspecified atom stereocenters. The van der Waals surface area contributed by atoms with E-state index in [9.17, 15) is 9.59 Å². The maximum Gasteiger partial charge on any atom is 0.410 e. The number of rotatable bonds is 5. The third-order valence-corrected chi connectivity index (χ3v) is 5.29. The van der Waals surface area contributed by atoms with Gasteiger partial charge in [-0.15, -0.1) is 0 Å². The number of amides is 1. The normalized spacial score (nSPS) is 14.5. The summed E-state index contributed by atoms with van der Waals surface area (Å²) in [7, 11) is 1.35. The average molecular weight is 476 g/mol. The molecule has 1 fully saturated rings. The summed E-state index contributed by atoms with van der Waals surface area (Å²) in [5, 5.41) is 6.90. The van der Waals surface area contributed by atoms with Gasteiger partial charge in [-0.2, -0.15) is 4.98 Å². The number of anilines is 3. The van der Waals surface area contributed by atoms with Crippen molar-refractivity contribution in [2.75, 3.05) is 30.8 Å². The van der Waals surface area contributed by atoms with Gasteiger partial charge in [-0.25, -0.2) is 14.6 Å². The Kier molecular flexibility index (Phi) is 7.63. The minimum Gasteiger partial charge on any atom is -0.465 e. The molecule has 2 heterocycles. The highest BCUT2D eigenvalue weighted by Crippen LogP contribution is 2.30. The Balaban J connectivity index is 1.69. The number of carbonyl (C=O) groups excluding carboxylic acids is 2. The summed E-state index contributed by atoms with van der Waals surface area (Å²) < 4.78 is 10.2. The molecule has 0 bridgehead atoms. The number of aryl methyl sites for hydroxylation is 1. The fraction of sp³-hybridized carbons (Fsp3) is 0.478. The number of hydrogen-bond donors (Lipinski definition) is 2. The van der Waals surface area contributed by atoms with Crippen molar-refractivity contribution in [2.24, 2.45) is 0 Å². The molecule has 33 heavy (non-hydrogen) atoms. The van der Waals surface area contributed by atoms with Crippen LogP contribution >= 0.6 is 11.6 Å². The Morgan fingerprint density at radius 1 is 1.12 bits per heavy atom. The van der Waals surface area contributed by atoms with Crippen molar-refractivity contribution < 1.29 is 19.1 Å². The van der Waals surface area contributed by atoms with Gasteiger partial charge in [-0.1, -0.05) is 0 Å². The van der Waals surface area contributed by atoms with Gasteiger partial charge in [-0.05, 0) is 76.4 Å². The Bertz CT molecular complexity index is 999. The number of hydrogen-bond acceptors (Lipinski definition) is 8. The van der Waals surface area contributed by atoms with Gasteiger partial charge in [0.2, 0.25) is 5.28 Å². The van der Waals surface area contributed by atoms with E-state index in [1.54, 1.807) is 29.2 Å². The van der Waals surface area contributed by atoms with Crippen LogP contribution in [0.1, 0.15) is 49.7 Å². The molecule has 0 radical (unpaired) electrons. The molecule has 1 aliphatic rings. The topological polar surface area (TPSA) is 106 Å². The standard InChI is InChI=1S/C23H30ClN5O4/c1-14-18(26-16-8-6-15(7-9-16)20(30)32-5)19(28-21(24)25-14)27-17-10-12-29(13-11-17)22(31)33-23(2,3)4/h6-9,17,26H,10-13H2,1-5H3,(H,25,27,28). The lowest BCUT2D eigenvalue weighted by molar-refractivity contribution is 0.0210. The number of esters is 1. The van der Waals surface area contributed by atoms with Gasteiger partial charge in [0.05, 0.1) is 18.4 Å². The number of carbonyl (C=O) groups is 2. The number of nitrogens with zero attached hydrogens (tertiary/aromatic N) is 3. The molecule has 0 atom stereocenters. The van der Waals surface area contributed by atoms with E-state index in [-0.39, 0.29) is 17.4 Å². The first-order chi connectivity index (χ1) is 15.6. The first kappa shape index (κ1) is 24.6. The second-order valence-electron chi connectivity index (χ2n) is 8.88.